The molecule has 1 unspecified atom stereocenters. The van der Waals surface area contributed by atoms with Crippen LogP contribution in [0.25, 0.3) is 0 Å². The van der Waals surface area contributed by atoms with Crippen LogP contribution in [0.4, 0.5) is 0 Å². The molecule has 0 aliphatic heterocycles. The predicted octanol–water partition coefficient (Wildman–Crippen LogP) is 2.22. The number of allylic oxidation sites excluding steroid dienone is 1. The van der Waals surface area contributed by atoms with E-state index in [1.165, 1.54) is 0 Å². The van der Waals surface area contributed by atoms with E-state index >= 15 is 0 Å². The molecule has 1 aliphatic carbocycles. The third-order valence-corrected chi connectivity index (χ3v) is 2.36. The van der Waals surface area contributed by atoms with Crippen LogP contribution in [0, 0.1) is 16.7 Å². The Balaban J connectivity index is 2.84. The van der Waals surface area contributed by atoms with Gasteiger partial charge in [-0.3, -0.25) is 4.79 Å². The van der Waals surface area contributed by atoms with Gasteiger partial charge in [-0.1, -0.05) is 5.57 Å². The van der Waals surface area contributed by atoms with E-state index in [2.05, 4.69) is 12.6 Å². The van der Waals surface area contributed by atoms with E-state index in [1.54, 1.807) is 0 Å². The summed E-state index contributed by atoms with van der Waals surface area (Å²) in [6.45, 7) is 5.61. The first-order valence-corrected chi connectivity index (χ1v) is 4.20. The fourth-order valence-corrected chi connectivity index (χ4v) is 1.79. The molecule has 1 rings (SSSR count). The third-order valence-electron chi connectivity index (χ3n) is 2.36. The van der Waals surface area contributed by atoms with Crippen molar-refractivity contribution < 1.29 is 4.79 Å². The smallest absolute Gasteiger partial charge is 0.153 e. The molecule has 0 saturated heterocycles. The number of carbonyl (C=O) groups is 1. The highest BCUT2D eigenvalue weighted by molar-refractivity contribution is 5.89. The zero-order chi connectivity index (χ0) is 9.19. The lowest BCUT2D eigenvalue weighted by molar-refractivity contribution is -0.123. The second kappa shape index (κ2) is 3.10. The van der Waals surface area contributed by atoms with Gasteiger partial charge in [0, 0.05) is 6.42 Å². The van der Waals surface area contributed by atoms with Gasteiger partial charge in [-0.05, 0) is 26.2 Å². The Hall–Kier alpha value is -1.10. The zero-order valence-electron chi connectivity index (χ0n) is 7.39. The molecule has 1 aliphatic rings. The molecule has 0 amide bonds. The first-order chi connectivity index (χ1) is 5.60. The van der Waals surface area contributed by atoms with Crippen molar-refractivity contribution in [1.29, 1.82) is 5.26 Å². The third kappa shape index (κ3) is 1.40. The summed E-state index contributed by atoms with van der Waals surface area (Å²) in [7, 11) is 0. The van der Waals surface area contributed by atoms with E-state index in [0.29, 0.717) is 12.8 Å². The van der Waals surface area contributed by atoms with Crippen molar-refractivity contribution in [3.8, 4) is 6.07 Å². The molecule has 0 N–H and O–H groups in total. The maximum atomic E-state index is 11.4. The second-order valence-corrected chi connectivity index (χ2v) is 3.60. The second-order valence-electron chi connectivity index (χ2n) is 3.60. The van der Waals surface area contributed by atoms with Crippen LogP contribution >= 0.6 is 0 Å². The number of ketones is 1. The molecular formula is C10H13NO. The van der Waals surface area contributed by atoms with Gasteiger partial charge in [0.2, 0.25) is 0 Å². The van der Waals surface area contributed by atoms with E-state index in [-0.39, 0.29) is 5.78 Å². The van der Waals surface area contributed by atoms with Gasteiger partial charge >= 0.3 is 0 Å². The zero-order valence-corrected chi connectivity index (χ0v) is 7.39. The summed E-state index contributed by atoms with van der Waals surface area (Å²) in [6, 6.07) is 2.15. The van der Waals surface area contributed by atoms with Crippen LogP contribution in [0.2, 0.25) is 0 Å². The van der Waals surface area contributed by atoms with Gasteiger partial charge in [-0.15, -0.1) is 6.58 Å². The monoisotopic (exact) mass is 163 g/mol. The molecule has 0 bridgehead atoms. The molecule has 0 spiro atoms. The van der Waals surface area contributed by atoms with Crippen LogP contribution in [0.5, 0.6) is 0 Å². The Morgan fingerprint density at radius 1 is 1.83 bits per heavy atom. The molecule has 12 heavy (non-hydrogen) atoms. The summed E-state index contributed by atoms with van der Waals surface area (Å²) < 4.78 is 0. The molecule has 1 fully saturated rings. The number of rotatable bonds is 2. The maximum absolute atomic E-state index is 11.4. The molecule has 64 valence electrons. The van der Waals surface area contributed by atoms with Gasteiger partial charge in [0.1, 0.15) is 5.41 Å². The summed E-state index contributed by atoms with van der Waals surface area (Å²) in [5.74, 6) is 0.105. The highest BCUT2D eigenvalue weighted by Crippen LogP contribution is 2.39. The summed E-state index contributed by atoms with van der Waals surface area (Å²) in [4.78, 5) is 11.4. The van der Waals surface area contributed by atoms with Gasteiger partial charge in [0.05, 0.1) is 6.07 Å². The van der Waals surface area contributed by atoms with Crippen molar-refractivity contribution in [3.05, 3.63) is 12.2 Å². The normalized spacial score (nSPS) is 28.5. The van der Waals surface area contributed by atoms with Crippen molar-refractivity contribution in [2.45, 2.75) is 32.6 Å². The van der Waals surface area contributed by atoms with Crippen molar-refractivity contribution in [2.75, 3.05) is 0 Å². The van der Waals surface area contributed by atoms with Gasteiger partial charge in [0.15, 0.2) is 5.78 Å². The number of hydrogen-bond acceptors (Lipinski definition) is 2. The molecule has 2 heteroatoms. The molecule has 0 aromatic heterocycles. The largest absolute Gasteiger partial charge is 0.298 e. The Morgan fingerprint density at radius 3 is 2.83 bits per heavy atom. The summed E-state index contributed by atoms with van der Waals surface area (Å²) in [5.41, 5.74) is 0.207. The predicted molar refractivity (Wildman–Crippen MR) is 46.3 cm³/mol. The first kappa shape index (κ1) is 8.99. The van der Waals surface area contributed by atoms with Crippen molar-refractivity contribution in [2.24, 2.45) is 5.41 Å². The van der Waals surface area contributed by atoms with Gasteiger partial charge < -0.3 is 0 Å². The van der Waals surface area contributed by atoms with Crippen molar-refractivity contribution in [1.82, 2.24) is 0 Å². The Labute approximate surface area is 72.9 Å². The lowest BCUT2D eigenvalue weighted by Gasteiger charge is -2.17. The molecule has 1 saturated carbocycles. The average molecular weight is 163 g/mol. The molecular weight excluding hydrogens is 150 g/mol. The Bertz CT molecular complexity index is 262. The van der Waals surface area contributed by atoms with Crippen LogP contribution < -0.4 is 0 Å². The maximum Gasteiger partial charge on any atom is 0.153 e. The van der Waals surface area contributed by atoms with Crippen molar-refractivity contribution >= 4 is 5.78 Å². The van der Waals surface area contributed by atoms with E-state index in [1.807, 2.05) is 6.92 Å². The fourth-order valence-electron chi connectivity index (χ4n) is 1.79. The lowest BCUT2D eigenvalue weighted by atomic mass is 9.81. The number of carbonyl (C=O) groups excluding carboxylic acids is 1. The quantitative estimate of drug-likeness (QED) is 0.585. The summed E-state index contributed by atoms with van der Waals surface area (Å²) in [6.07, 6.45) is 2.69. The van der Waals surface area contributed by atoms with Crippen LogP contribution in [-0.2, 0) is 4.79 Å². The highest BCUT2D eigenvalue weighted by Gasteiger charge is 2.41. The molecule has 0 aromatic rings. The average Bonchev–Trinajstić information content (AvgIpc) is 2.32. The van der Waals surface area contributed by atoms with Crippen LogP contribution in [0.1, 0.15) is 32.6 Å². The van der Waals surface area contributed by atoms with Gasteiger partial charge in [-0.25, -0.2) is 0 Å². The molecule has 0 radical (unpaired) electrons. The van der Waals surface area contributed by atoms with E-state index in [0.717, 1.165) is 18.4 Å². The van der Waals surface area contributed by atoms with Crippen molar-refractivity contribution in [3.63, 3.8) is 0 Å². The van der Waals surface area contributed by atoms with E-state index in [9.17, 15) is 4.79 Å². The molecule has 0 heterocycles. The molecule has 2 nitrogen and oxygen atoms in total. The lowest BCUT2D eigenvalue weighted by Crippen LogP contribution is -2.23. The minimum absolute atomic E-state index is 0.105. The highest BCUT2D eigenvalue weighted by atomic mass is 16.1. The van der Waals surface area contributed by atoms with E-state index in [4.69, 9.17) is 5.26 Å². The standard InChI is InChI=1S/C10H13NO/c1-8(2)6-10(7-11)5-3-4-9(10)12/h1,3-6H2,2H3. The minimum Gasteiger partial charge on any atom is -0.298 e. The minimum atomic E-state index is -0.716. The number of hydrogen-bond donors (Lipinski definition) is 0. The summed E-state index contributed by atoms with van der Waals surface area (Å²) in [5, 5.41) is 8.92. The van der Waals surface area contributed by atoms with E-state index < -0.39 is 5.41 Å². The number of nitriles is 1. The van der Waals surface area contributed by atoms with Gasteiger partial charge in [-0.2, -0.15) is 5.26 Å². The Kier molecular flexibility index (Phi) is 2.32. The molecule has 0 aromatic carbocycles. The first-order valence-electron chi connectivity index (χ1n) is 4.20. The van der Waals surface area contributed by atoms with Crippen LogP contribution in [0.3, 0.4) is 0 Å². The van der Waals surface area contributed by atoms with Crippen LogP contribution in [0.15, 0.2) is 12.2 Å². The SMILES string of the molecule is C=C(C)CC1(C#N)CCCC1=O. The topological polar surface area (TPSA) is 40.9 Å². The Morgan fingerprint density at radius 2 is 2.50 bits per heavy atom. The van der Waals surface area contributed by atoms with Crippen LogP contribution in [-0.4, -0.2) is 5.78 Å². The number of nitrogens with zero attached hydrogens (tertiary/aromatic N) is 1. The molecule has 1 atom stereocenters. The number of Topliss-reactive ketones (excluding diaryl/α,β-unsaturated/α-hetero) is 1. The van der Waals surface area contributed by atoms with Gasteiger partial charge in [0.25, 0.3) is 0 Å². The fraction of sp³-hybridized carbons (Fsp3) is 0.600. The summed E-state index contributed by atoms with van der Waals surface area (Å²) >= 11 is 0.